The number of nitrogens with zero attached hydrogens (tertiary/aromatic N) is 2. The van der Waals surface area contributed by atoms with Gasteiger partial charge in [0.1, 0.15) is 11.8 Å². The Labute approximate surface area is 152 Å². The molecule has 0 atom stereocenters. The number of piperidine rings is 1. The van der Waals surface area contributed by atoms with Crippen molar-refractivity contribution in [2.75, 3.05) is 25.1 Å². The van der Waals surface area contributed by atoms with Gasteiger partial charge in [0.15, 0.2) is 5.78 Å². The van der Waals surface area contributed by atoms with Crippen LogP contribution in [0.5, 0.6) is 5.75 Å². The van der Waals surface area contributed by atoms with Gasteiger partial charge in [0.2, 0.25) is 0 Å². The summed E-state index contributed by atoms with van der Waals surface area (Å²) in [5.74, 6) is 0.944. The number of rotatable bonds is 4. The van der Waals surface area contributed by atoms with Crippen LogP contribution < -0.4 is 9.64 Å². The van der Waals surface area contributed by atoms with Crippen LogP contribution in [0.25, 0.3) is 0 Å². The van der Waals surface area contributed by atoms with E-state index >= 15 is 0 Å². The molecule has 1 heterocycles. The molecule has 5 heteroatoms. The zero-order valence-corrected chi connectivity index (χ0v) is 14.8. The molecule has 0 unspecified atom stereocenters. The van der Waals surface area contributed by atoms with Gasteiger partial charge in [-0.25, -0.2) is 0 Å². The average Bonchev–Trinajstić information content (AvgIpc) is 2.67. The van der Waals surface area contributed by atoms with Gasteiger partial charge in [-0.1, -0.05) is 11.6 Å². The van der Waals surface area contributed by atoms with Gasteiger partial charge in [-0.15, -0.1) is 0 Å². The summed E-state index contributed by atoms with van der Waals surface area (Å²) in [5, 5.41) is 9.87. The van der Waals surface area contributed by atoms with Gasteiger partial charge in [-0.3, -0.25) is 4.79 Å². The third-order valence-electron chi connectivity index (χ3n) is 4.66. The molecular weight excluding hydrogens is 336 g/mol. The van der Waals surface area contributed by atoms with Crippen molar-refractivity contribution in [2.45, 2.75) is 12.8 Å². The van der Waals surface area contributed by atoms with Gasteiger partial charge in [-0.2, -0.15) is 5.26 Å². The van der Waals surface area contributed by atoms with Crippen molar-refractivity contribution in [1.29, 1.82) is 5.26 Å². The first-order valence-electron chi connectivity index (χ1n) is 8.25. The number of halogens is 1. The monoisotopic (exact) mass is 354 g/mol. The van der Waals surface area contributed by atoms with Crippen LogP contribution in [0, 0.1) is 17.2 Å². The van der Waals surface area contributed by atoms with E-state index in [1.165, 1.54) is 0 Å². The predicted molar refractivity (Wildman–Crippen MR) is 98.4 cm³/mol. The Morgan fingerprint density at radius 3 is 2.48 bits per heavy atom. The van der Waals surface area contributed by atoms with Crippen LogP contribution >= 0.6 is 11.6 Å². The lowest BCUT2D eigenvalue weighted by Crippen LogP contribution is -2.36. The molecule has 0 aliphatic carbocycles. The molecule has 1 fully saturated rings. The SMILES string of the molecule is COc1ccc(C(=O)C2CCN(c3ccc(Cl)cc3C#N)CC2)cc1. The minimum Gasteiger partial charge on any atom is -0.497 e. The van der Waals surface area contributed by atoms with Crippen LogP contribution in [0.15, 0.2) is 42.5 Å². The molecular formula is C20H19ClN2O2. The largest absolute Gasteiger partial charge is 0.497 e. The fourth-order valence-corrected chi connectivity index (χ4v) is 3.42. The van der Waals surface area contributed by atoms with Crippen molar-refractivity contribution in [1.82, 2.24) is 0 Å². The van der Waals surface area contributed by atoms with Crippen molar-refractivity contribution in [3.05, 3.63) is 58.6 Å². The molecule has 3 rings (SSSR count). The van der Waals surface area contributed by atoms with E-state index < -0.39 is 0 Å². The molecule has 0 spiro atoms. The summed E-state index contributed by atoms with van der Waals surface area (Å²) in [5.41, 5.74) is 2.19. The molecule has 128 valence electrons. The summed E-state index contributed by atoms with van der Waals surface area (Å²) >= 11 is 5.97. The van der Waals surface area contributed by atoms with Gasteiger partial charge in [0, 0.05) is 29.6 Å². The molecule has 0 aromatic heterocycles. The zero-order valence-electron chi connectivity index (χ0n) is 14.0. The first-order valence-corrected chi connectivity index (χ1v) is 8.63. The number of ketones is 1. The van der Waals surface area contributed by atoms with E-state index in [0.717, 1.165) is 42.9 Å². The lowest BCUT2D eigenvalue weighted by atomic mass is 9.88. The van der Waals surface area contributed by atoms with Crippen LogP contribution in [0.1, 0.15) is 28.8 Å². The molecule has 0 saturated carbocycles. The molecule has 0 bridgehead atoms. The van der Waals surface area contributed by atoms with Gasteiger partial charge in [-0.05, 0) is 55.3 Å². The van der Waals surface area contributed by atoms with Gasteiger partial charge in [0.05, 0.1) is 18.4 Å². The second-order valence-electron chi connectivity index (χ2n) is 6.13. The van der Waals surface area contributed by atoms with E-state index in [4.69, 9.17) is 16.3 Å². The van der Waals surface area contributed by atoms with E-state index in [0.29, 0.717) is 10.6 Å². The first kappa shape index (κ1) is 17.3. The second kappa shape index (κ2) is 7.58. The Morgan fingerprint density at radius 2 is 1.88 bits per heavy atom. The van der Waals surface area contributed by atoms with E-state index in [1.807, 2.05) is 30.3 Å². The number of hydrogen-bond donors (Lipinski definition) is 0. The molecule has 4 nitrogen and oxygen atoms in total. The van der Waals surface area contributed by atoms with Crippen molar-refractivity contribution >= 4 is 23.1 Å². The minimum atomic E-state index is 0.0162. The first-order chi connectivity index (χ1) is 12.1. The summed E-state index contributed by atoms with van der Waals surface area (Å²) in [7, 11) is 1.61. The summed E-state index contributed by atoms with van der Waals surface area (Å²) in [6.45, 7) is 1.51. The van der Waals surface area contributed by atoms with Crippen molar-refractivity contribution < 1.29 is 9.53 Å². The maximum absolute atomic E-state index is 12.7. The quantitative estimate of drug-likeness (QED) is 0.767. The highest BCUT2D eigenvalue weighted by Crippen LogP contribution is 2.29. The number of Topliss-reactive ketones (excluding diaryl/α,β-unsaturated/α-hetero) is 1. The van der Waals surface area contributed by atoms with Gasteiger partial charge in [0.25, 0.3) is 0 Å². The van der Waals surface area contributed by atoms with E-state index in [2.05, 4.69) is 11.0 Å². The van der Waals surface area contributed by atoms with Gasteiger partial charge < -0.3 is 9.64 Å². The molecule has 25 heavy (non-hydrogen) atoms. The summed E-state index contributed by atoms with van der Waals surface area (Å²) in [4.78, 5) is 14.8. The lowest BCUT2D eigenvalue weighted by Gasteiger charge is -2.33. The summed E-state index contributed by atoms with van der Waals surface area (Å²) in [6.07, 6.45) is 1.55. The number of benzene rings is 2. The Hall–Kier alpha value is -2.51. The maximum atomic E-state index is 12.7. The van der Waals surface area contributed by atoms with Crippen LogP contribution in [-0.4, -0.2) is 26.0 Å². The summed E-state index contributed by atoms with van der Waals surface area (Å²) < 4.78 is 5.13. The van der Waals surface area contributed by atoms with Crippen LogP contribution in [-0.2, 0) is 0 Å². The molecule has 2 aromatic rings. The van der Waals surface area contributed by atoms with Gasteiger partial charge >= 0.3 is 0 Å². The highest BCUT2D eigenvalue weighted by molar-refractivity contribution is 6.30. The van der Waals surface area contributed by atoms with Crippen LogP contribution in [0.3, 0.4) is 0 Å². The van der Waals surface area contributed by atoms with Crippen molar-refractivity contribution in [2.24, 2.45) is 5.92 Å². The van der Waals surface area contributed by atoms with E-state index in [9.17, 15) is 10.1 Å². The van der Waals surface area contributed by atoms with Crippen LogP contribution in [0.4, 0.5) is 5.69 Å². The fourth-order valence-electron chi connectivity index (χ4n) is 3.25. The number of carbonyl (C=O) groups excluding carboxylic acids is 1. The highest BCUT2D eigenvalue weighted by Gasteiger charge is 2.26. The number of carbonyl (C=O) groups is 1. The Bertz CT molecular complexity index is 803. The highest BCUT2D eigenvalue weighted by atomic mass is 35.5. The molecule has 1 aliphatic heterocycles. The fraction of sp³-hybridized carbons (Fsp3) is 0.300. The molecule has 0 radical (unpaired) electrons. The number of nitriles is 1. The average molecular weight is 355 g/mol. The minimum absolute atomic E-state index is 0.0162. The predicted octanol–water partition coefficient (Wildman–Crippen LogP) is 4.32. The number of ether oxygens (including phenoxy) is 1. The standard InChI is InChI=1S/C20H19ClN2O2/c1-25-18-5-2-14(3-6-18)20(24)15-8-10-23(11-9-15)19-7-4-17(21)12-16(19)13-22/h2-7,12,15H,8-11H2,1H3. The van der Waals surface area contributed by atoms with E-state index in [-0.39, 0.29) is 11.7 Å². The third-order valence-corrected chi connectivity index (χ3v) is 4.90. The molecule has 0 amide bonds. The lowest BCUT2D eigenvalue weighted by molar-refractivity contribution is 0.0900. The molecule has 0 N–H and O–H groups in total. The topological polar surface area (TPSA) is 53.3 Å². The number of hydrogen-bond acceptors (Lipinski definition) is 4. The van der Waals surface area contributed by atoms with Crippen molar-refractivity contribution in [3.8, 4) is 11.8 Å². The smallest absolute Gasteiger partial charge is 0.166 e. The normalized spacial score (nSPS) is 14.8. The summed E-state index contributed by atoms with van der Waals surface area (Å²) in [6, 6.07) is 14.8. The van der Waals surface area contributed by atoms with Crippen molar-refractivity contribution in [3.63, 3.8) is 0 Å². The maximum Gasteiger partial charge on any atom is 0.166 e. The number of anilines is 1. The Kier molecular flexibility index (Phi) is 5.25. The molecule has 1 saturated heterocycles. The second-order valence-corrected chi connectivity index (χ2v) is 6.56. The molecule has 2 aromatic carbocycles. The molecule has 1 aliphatic rings. The van der Waals surface area contributed by atoms with E-state index in [1.54, 1.807) is 19.2 Å². The zero-order chi connectivity index (χ0) is 17.8. The Balaban J connectivity index is 1.67. The third kappa shape index (κ3) is 3.78. The van der Waals surface area contributed by atoms with Crippen LogP contribution in [0.2, 0.25) is 5.02 Å². The Morgan fingerprint density at radius 1 is 1.20 bits per heavy atom. The number of methoxy groups -OCH3 is 1.